The lowest BCUT2D eigenvalue weighted by atomic mass is 9.99. The van der Waals surface area contributed by atoms with Crippen LogP contribution in [0.25, 0.3) is 78.6 Å². The monoisotopic (exact) mass is 552 g/mol. The van der Waals surface area contributed by atoms with Crippen molar-refractivity contribution in [2.24, 2.45) is 0 Å². The fraction of sp³-hybridized carbons (Fsp3) is 0. The van der Waals surface area contributed by atoms with Crippen LogP contribution in [-0.2, 0) is 0 Å². The molecule has 0 spiro atoms. The molecule has 0 saturated carbocycles. The van der Waals surface area contributed by atoms with Gasteiger partial charge in [0.25, 0.3) is 0 Å². The molecule has 8 aromatic rings. The van der Waals surface area contributed by atoms with Crippen molar-refractivity contribution in [2.45, 2.75) is 0 Å². The highest BCUT2D eigenvalue weighted by Crippen LogP contribution is 2.34. The van der Waals surface area contributed by atoms with Gasteiger partial charge in [-0.1, -0.05) is 115 Å². The summed E-state index contributed by atoms with van der Waals surface area (Å²) in [5.41, 5.74) is 7.53. The predicted molar refractivity (Wildman–Crippen MR) is 172 cm³/mol. The number of para-hydroxylation sites is 1. The van der Waals surface area contributed by atoms with Crippen LogP contribution in [0.15, 0.2) is 150 Å². The number of benzene rings is 6. The molecule has 8 rings (SSSR count). The molecule has 0 bridgehead atoms. The van der Waals surface area contributed by atoms with E-state index in [0.717, 1.165) is 55.3 Å². The number of oxazole rings is 1. The van der Waals surface area contributed by atoms with Crippen molar-refractivity contribution in [1.29, 1.82) is 0 Å². The van der Waals surface area contributed by atoms with Gasteiger partial charge in [0.2, 0.25) is 5.89 Å². The van der Waals surface area contributed by atoms with Gasteiger partial charge in [-0.2, -0.15) is 0 Å². The molecule has 0 amide bonds. The molecule has 0 unspecified atom stereocenters. The van der Waals surface area contributed by atoms with Gasteiger partial charge in [-0.25, -0.2) is 19.9 Å². The van der Waals surface area contributed by atoms with Crippen LogP contribution in [0, 0.1) is 0 Å². The highest BCUT2D eigenvalue weighted by molar-refractivity contribution is 5.96. The number of aromatic nitrogens is 4. The number of nitrogens with zero attached hydrogens (tertiary/aromatic N) is 4. The van der Waals surface area contributed by atoms with Crippen molar-refractivity contribution in [3.8, 4) is 56.7 Å². The first-order valence-corrected chi connectivity index (χ1v) is 14.1. The van der Waals surface area contributed by atoms with Crippen molar-refractivity contribution in [3.63, 3.8) is 0 Å². The zero-order chi connectivity index (χ0) is 28.6. The quantitative estimate of drug-likeness (QED) is 0.213. The number of hydrogen-bond donors (Lipinski definition) is 0. The van der Waals surface area contributed by atoms with E-state index in [1.165, 1.54) is 0 Å². The van der Waals surface area contributed by atoms with Crippen LogP contribution in [0.2, 0.25) is 0 Å². The maximum Gasteiger partial charge on any atom is 0.227 e. The van der Waals surface area contributed by atoms with Crippen molar-refractivity contribution in [3.05, 3.63) is 146 Å². The van der Waals surface area contributed by atoms with E-state index in [2.05, 4.69) is 42.5 Å². The van der Waals surface area contributed by atoms with Crippen molar-refractivity contribution >= 4 is 21.9 Å². The summed E-state index contributed by atoms with van der Waals surface area (Å²) in [4.78, 5) is 19.5. The minimum absolute atomic E-state index is 0.621. The smallest absolute Gasteiger partial charge is 0.227 e. The molecule has 0 aliphatic heterocycles. The molecular formula is C38H24N4O. The van der Waals surface area contributed by atoms with Gasteiger partial charge in [0, 0.05) is 27.8 Å². The third kappa shape index (κ3) is 4.73. The van der Waals surface area contributed by atoms with Gasteiger partial charge >= 0.3 is 0 Å². The summed E-state index contributed by atoms with van der Waals surface area (Å²) < 4.78 is 6.12. The van der Waals surface area contributed by atoms with Gasteiger partial charge in [0.15, 0.2) is 23.1 Å². The van der Waals surface area contributed by atoms with E-state index in [9.17, 15) is 0 Å². The van der Waals surface area contributed by atoms with Gasteiger partial charge in [-0.3, -0.25) is 0 Å². The average molecular weight is 553 g/mol. The first-order valence-electron chi connectivity index (χ1n) is 14.1. The average Bonchev–Trinajstić information content (AvgIpc) is 3.54. The fourth-order valence-corrected chi connectivity index (χ4v) is 5.38. The SMILES string of the molecule is c1ccc(-c2nc(-c3ccccc3)nc(-c3ccc4cc(-c5cccc6oc(-c7ccccc7)nc56)ccc4c3)n2)cc1. The van der Waals surface area contributed by atoms with Crippen molar-refractivity contribution in [2.75, 3.05) is 0 Å². The number of fused-ring (bicyclic) bond motifs is 2. The van der Waals surface area contributed by atoms with E-state index in [1.54, 1.807) is 0 Å². The molecule has 5 heteroatoms. The molecule has 43 heavy (non-hydrogen) atoms. The minimum atomic E-state index is 0.621. The van der Waals surface area contributed by atoms with E-state index in [-0.39, 0.29) is 0 Å². The molecule has 2 aromatic heterocycles. The molecule has 5 nitrogen and oxygen atoms in total. The third-order valence-electron chi connectivity index (χ3n) is 7.55. The van der Waals surface area contributed by atoms with Gasteiger partial charge in [0.05, 0.1) is 0 Å². The highest BCUT2D eigenvalue weighted by Gasteiger charge is 2.15. The molecular weight excluding hydrogens is 528 g/mol. The Morgan fingerprint density at radius 1 is 0.372 bits per heavy atom. The standard InChI is InChI=1S/C38H24N4O/c1-4-11-25(12-5-1)35-40-36(26-13-6-2-7-14-26)42-37(41-35)31-22-20-28-23-30(21-19-29(28)24-31)32-17-10-18-33-34(32)39-38(43-33)27-15-8-3-9-16-27/h1-24H. The van der Waals surface area contributed by atoms with E-state index in [0.29, 0.717) is 23.4 Å². The van der Waals surface area contributed by atoms with Gasteiger partial charge in [0.1, 0.15) is 5.52 Å². The minimum Gasteiger partial charge on any atom is -0.436 e. The first-order chi connectivity index (χ1) is 21.3. The summed E-state index contributed by atoms with van der Waals surface area (Å²) in [6, 6.07) is 48.9. The Balaban J connectivity index is 1.20. The summed E-state index contributed by atoms with van der Waals surface area (Å²) in [6.07, 6.45) is 0. The van der Waals surface area contributed by atoms with Gasteiger partial charge in [-0.15, -0.1) is 0 Å². The molecule has 0 aliphatic rings. The van der Waals surface area contributed by atoms with E-state index in [4.69, 9.17) is 24.4 Å². The topological polar surface area (TPSA) is 64.7 Å². The van der Waals surface area contributed by atoms with Gasteiger partial charge < -0.3 is 4.42 Å². The third-order valence-corrected chi connectivity index (χ3v) is 7.55. The molecule has 0 saturated heterocycles. The van der Waals surface area contributed by atoms with Crippen LogP contribution in [0.3, 0.4) is 0 Å². The van der Waals surface area contributed by atoms with Crippen LogP contribution in [0.5, 0.6) is 0 Å². The molecule has 0 atom stereocenters. The zero-order valence-corrected chi connectivity index (χ0v) is 23.1. The summed E-state index contributed by atoms with van der Waals surface area (Å²) in [6.45, 7) is 0. The molecule has 2 heterocycles. The lowest BCUT2D eigenvalue weighted by molar-refractivity contribution is 0.620. The summed E-state index contributed by atoms with van der Waals surface area (Å²) in [7, 11) is 0. The van der Waals surface area contributed by atoms with Crippen molar-refractivity contribution < 1.29 is 4.42 Å². The van der Waals surface area contributed by atoms with Crippen LogP contribution < -0.4 is 0 Å². The Morgan fingerprint density at radius 3 is 1.49 bits per heavy atom. The maximum atomic E-state index is 6.12. The maximum absolute atomic E-state index is 6.12. The molecule has 0 aliphatic carbocycles. The van der Waals surface area contributed by atoms with Crippen LogP contribution in [0.1, 0.15) is 0 Å². The summed E-state index contributed by atoms with van der Waals surface area (Å²) in [5.74, 6) is 2.56. The Kier molecular flexibility index (Phi) is 6.05. The second kappa shape index (κ2) is 10.5. The fourth-order valence-electron chi connectivity index (χ4n) is 5.38. The summed E-state index contributed by atoms with van der Waals surface area (Å²) >= 11 is 0. The molecule has 0 N–H and O–H groups in total. The van der Waals surface area contributed by atoms with Crippen LogP contribution in [-0.4, -0.2) is 19.9 Å². The summed E-state index contributed by atoms with van der Waals surface area (Å²) in [5, 5.41) is 2.21. The van der Waals surface area contributed by atoms with Crippen molar-refractivity contribution in [1.82, 2.24) is 19.9 Å². The Hall–Kier alpha value is -5.94. The van der Waals surface area contributed by atoms with E-state index in [1.807, 2.05) is 103 Å². The molecule has 0 fully saturated rings. The zero-order valence-electron chi connectivity index (χ0n) is 23.1. The van der Waals surface area contributed by atoms with E-state index < -0.39 is 0 Å². The van der Waals surface area contributed by atoms with Gasteiger partial charge in [-0.05, 0) is 46.7 Å². The lowest BCUT2D eigenvalue weighted by Crippen LogP contribution is -2.00. The Morgan fingerprint density at radius 2 is 0.884 bits per heavy atom. The van der Waals surface area contributed by atoms with E-state index >= 15 is 0 Å². The second-order valence-electron chi connectivity index (χ2n) is 10.4. The molecule has 6 aromatic carbocycles. The van der Waals surface area contributed by atoms with Crippen LogP contribution >= 0.6 is 0 Å². The Bertz CT molecular complexity index is 2170. The predicted octanol–water partition coefficient (Wildman–Crippen LogP) is 9.50. The first kappa shape index (κ1) is 24.8. The molecule has 202 valence electrons. The highest BCUT2D eigenvalue weighted by atomic mass is 16.3. The van der Waals surface area contributed by atoms with Crippen LogP contribution in [0.4, 0.5) is 0 Å². The normalized spacial score (nSPS) is 11.3. The molecule has 0 radical (unpaired) electrons. The Labute approximate surface area is 248 Å². The number of rotatable bonds is 5. The number of hydrogen-bond acceptors (Lipinski definition) is 5. The second-order valence-corrected chi connectivity index (χ2v) is 10.4. The largest absolute Gasteiger partial charge is 0.436 e. The lowest BCUT2D eigenvalue weighted by Gasteiger charge is -2.10.